The Morgan fingerprint density at radius 3 is 1.94 bits per heavy atom. The Balaban J connectivity index is -0.0000000566. The summed E-state index contributed by atoms with van der Waals surface area (Å²) < 4.78 is 4.14. The van der Waals surface area contributed by atoms with Gasteiger partial charge in [-0.25, -0.2) is 9.59 Å². The third-order valence-corrected chi connectivity index (χ3v) is 1.02. The van der Waals surface area contributed by atoms with E-state index < -0.39 is 30.4 Å². The first-order chi connectivity index (χ1) is 6.84. The average Bonchev–Trinajstić information content (AvgIpc) is 2.16. The molecule has 0 heterocycles. The van der Waals surface area contributed by atoms with Crippen LogP contribution in [0.15, 0.2) is 12.7 Å². The maximum Gasteiger partial charge on any atom is 2.00 e. The van der Waals surface area contributed by atoms with Crippen molar-refractivity contribution in [2.75, 3.05) is 7.11 Å². The van der Waals surface area contributed by atoms with Gasteiger partial charge in [0, 0.05) is 6.08 Å². The van der Waals surface area contributed by atoms with Gasteiger partial charge >= 0.3 is 41.0 Å². The number of carboxylic acids is 2. The Kier molecular flexibility index (Phi) is 15.2. The van der Waals surface area contributed by atoms with Crippen LogP contribution in [0.3, 0.4) is 0 Å². The third kappa shape index (κ3) is 15.4. The van der Waals surface area contributed by atoms with Gasteiger partial charge in [0.25, 0.3) is 0 Å². The van der Waals surface area contributed by atoms with Gasteiger partial charge in [0.1, 0.15) is 0 Å². The number of aliphatic hydroxyl groups excluding tert-OH is 1. The number of hydrogen-bond acceptors (Lipinski definition) is 5. The van der Waals surface area contributed by atoms with Crippen LogP contribution in [-0.4, -0.2) is 69.5 Å². The van der Waals surface area contributed by atoms with E-state index in [4.69, 9.17) is 15.3 Å². The second kappa shape index (κ2) is 11.9. The summed E-state index contributed by atoms with van der Waals surface area (Å²) >= 11 is 0. The molecule has 7 nitrogen and oxygen atoms in total. The molecule has 90 valence electrons. The van der Waals surface area contributed by atoms with Gasteiger partial charge in [-0.05, 0) is 0 Å². The van der Waals surface area contributed by atoms with Crippen LogP contribution >= 0.6 is 0 Å². The molecule has 0 saturated carbocycles. The van der Waals surface area contributed by atoms with Crippen LogP contribution in [0.4, 0.5) is 0 Å². The van der Waals surface area contributed by atoms with Crippen LogP contribution < -0.4 is 0 Å². The van der Waals surface area contributed by atoms with Crippen molar-refractivity contribution in [3.8, 4) is 0 Å². The summed E-state index contributed by atoms with van der Waals surface area (Å²) in [7, 11) is 1.31. The van der Waals surface area contributed by atoms with Crippen LogP contribution in [0.1, 0.15) is 9.27 Å². The minimum absolute atomic E-state index is 0. The molecule has 0 rings (SSSR count). The number of rotatable bonds is 4. The topological polar surface area (TPSA) is 121 Å². The van der Waals surface area contributed by atoms with Crippen molar-refractivity contribution < 1.29 is 37.3 Å². The van der Waals surface area contributed by atoms with E-state index in [0.717, 1.165) is 6.08 Å². The molecule has 0 bridgehead atoms. The first-order valence-electron chi connectivity index (χ1n) is 3.68. The predicted molar refractivity (Wildman–Crippen MR) is 56.1 cm³/mol. The van der Waals surface area contributed by atoms with Gasteiger partial charge < -0.3 is 22.9 Å². The van der Waals surface area contributed by atoms with E-state index >= 15 is 0 Å². The standard InChI is InChI=1S/C4H6O5.C4H6O2.Mg.2H/c5-2(4(8)9)1-3(6)7;1-3-4(5)6-2;;;/h2,5H,1H2,(H,6,7)(H,8,9);3H,1H2,2H3;;;/q;;+2;2*-1. The number of aliphatic carboxylic acids is 2. The number of carboxylic acid groups (broad SMARTS) is 2. The molecule has 0 aromatic heterocycles. The minimum Gasteiger partial charge on any atom is -1.00 e. The summed E-state index contributed by atoms with van der Waals surface area (Å²) in [4.78, 5) is 29.3. The predicted octanol–water partition coefficient (Wildman–Crippen LogP) is -0.904. The van der Waals surface area contributed by atoms with Crippen LogP contribution in [0.5, 0.6) is 0 Å². The Morgan fingerprint density at radius 2 is 1.88 bits per heavy atom. The molecule has 0 aromatic carbocycles. The van der Waals surface area contributed by atoms with Crippen molar-refractivity contribution in [1.82, 2.24) is 0 Å². The molecular weight excluding hydrogens is 232 g/mol. The van der Waals surface area contributed by atoms with E-state index in [1.54, 1.807) is 0 Å². The van der Waals surface area contributed by atoms with Crippen LogP contribution in [-0.2, 0) is 19.1 Å². The van der Waals surface area contributed by atoms with Crippen molar-refractivity contribution >= 4 is 41.0 Å². The molecule has 0 radical (unpaired) electrons. The Bertz CT molecular complexity index is 260. The number of esters is 1. The molecule has 0 aliphatic carbocycles. The number of aliphatic hydroxyl groups is 1. The molecule has 3 N–H and O–H groups in total. The van der Waals surface area contributed by atoms with E-state index in [-0.39, 0.29) is 25.9 Å². The summed E-state index contributed by atoms with van der Waals surface area (Å²) in [6, 6.07) is 0. The number of ether oxygens (including phenoxy) is 1. The van der Waals surface area contributed by atoms with Gasteiger partial charge in [0.05, 0.1) is 13.5 Å². The first kappa shape index (κ1) is 20.3. The van der Waals surface area contributed by atoms with E-state index in [9.17, 15) is 14.4 Å². The quantitative estimate of drug-likeness (QED) is 0.334. The van der Waals surface area contributed by atoms with E-state index in [1.165, 1.54) is 7.11 Å². The fraction of sp³-hybridized carbons (Fsp3) is 0.375. The molecular formula is C8H14MgO7. The Morgan fingerprint density at radius 1 is 1.44 bits per heavy atom. The van der Waals surface area contributed by atoms with E-state index in [1.807, 2.05) is 0 Å². The smallest absolute Gasteiger partial charge is 1.00 e. The Labute approximate surface area is 111 Å². The summed E-state index contributed by atoms with van der Waals surface area (Å²) in [5, 5.41) is 24.1. The zero-order valence-corrected chi connectivity index (χ0v) is 10.2. The zero-order valence-electron chi connectivity index (χ0n) is 10.8. The van der Waals surface area contributed by atoms with Crippen LogP contribution in [0.25, 0.3) is 0 Å². The zero-order chi connectivity index (χ0) is 12.4. The molecule has 0 amide bonds. The van der Waals surface area contributed by atoms with Crippen LogP contribution in [0, 0.1) is 0 Å². The van der Waals surface area contributed by atoms with Crippen molar-refractivity contribution in [1.29, 1.82) is 0 Å². The molecule has 16 heavy (non-hydrogen) atoms. The molecule has 0 aromatic rings. The molecule has 1 atom stereocenters. The van der Waals surface area contributed by atoms with E-state index in [2.05, 4.69) is 11.3 Å². The molecule has 0 fully saturated rings. The van der Waals surface area contributed by atoms with Gasteiger partial charge in [-0.2, -0.15) is 0 Å². The number of carbonyl (C=O) groups is 3. The van der Waals surface area contributed by atoms with Gasteiger partial charge in [0.2, 0.25) is 0 Å². The summed E-state index contributed by atoms with van der Waals surface area (Å²) in [6.45, 7) is 3.16. The van der Waals surface area contributed by atoms with Crippen molar-refractivity contribution in [3.05, 3.63) is 12.7 Å². The number of carbonyl (C=O) groups excluding carboxylic acids is 1. The SMILES string of the molecule is C=CC(=O)OC.O=C(O)CC(O)C(=O)O.[H-].[H-].[Mg+2]. The largest absolute Gasteiger partial charge is 2.00 e. The maximum atomic E-state index is 9.84. The molecule has 0 aliphatic rings. The number of hydrogen-bond donors (Lipinski definition) is 3. The van der Waals surface area contributed by atoms with Crippen molar-refractivity contribution in [2.45, 2.75) is 12.5 Å². The van der Waals surface area contributed by atoms with Gasteiger partial charge in [-0.3, -0.25) is 4.79 Å². The maximum absolute atomic E-state index is 9.84. The Hall–Kier alpha value is -1.12. The third-order valence-electron chi connectivity index (χ3n) is 1.02. The molecule has 1 unspecified atom stereocenters. The fourth-order valence-electron chi connectivity index (χ4n) is 0.336. The minimum atomic E-state index is -1.79. The average molecular weight is 246 g/mol. The number of methoxy groups -OCH3 is 1. The monoisotopic (exact) mass is 246 g/mol. The second-order valence-corrected chi connectivity index (χ2v) is 2.18. The van der Waals surface area contributed by atoms with E-state index in [0.29, 0.717) is 0 Å². The van der Waals surface area contributed by atoms with Gasteiger partial charge in [-0.15, -0.1) is 0 Å². The van der Waals surface area contributed by atoms with Crippen molar-refractivity contribution in [2.24, 2.45) is 0 Å². The normalized spacial score (nSPS) is 9.62. The van der Waals surface area contributed by atoms with Gasteiger partial charge in [0.15, 0.2) is 6.10 Å². The summed E-state index contributed by atoms with van der Waals surface area (Å²) in [5.74, 6) is -3.24. The van der Waals surface area contributed by atoms with Crippen molar-refractivity contribution in [3.63, 3.8) is 0 Å². The fourth-order valence-corrected chi connectivity index (χ4v) is 0.336. The summed E-state index contributed by atoms with van der Waals surface area (Å²) in [6.07, 6.45) is -1.43. The van der Waals surface area contributed by atoms with Crippen LogP contribution in [0.2, 0.25) is 0 Å². The molecule has 8 heteroatoms. The molecule has 0 spiro atoms. The second-order valence-electron chi connectivity index (χ2n) is 2.18. The molecule has 0 saturated heterocycles. The summed E-state index contributed by atoms with van der Waals surface area (Å²) in [5.41, 5.74) is 0. The first-order valence-corrected chi connectivity index (χ1v) is 3.68. The van der Waals surface area contributed by atoms with Gasteiger partial charge in [-0.1, -0.05) is 6.58 Å². The molecule has 0 aliphatic heterocycles.